The van der Waals surface area contributed by atoms with Crippen LogP contribution >= 0.6 is 0 Å². The van der Waals surface area contributed by atoms with Crippen molar-refractivity contribution in [2.45, 2.75) is 57.0 Å². The van der Waals surface area contributed by atoms with Crippen LogP contribution < -0.4 is 5.32 Å². The molecule has 2 unspecified atom stereocenters. The Morgan fingerprint density at radius 2 is 1.90 bits per heavy atom. The summed E-state index contributed by atoms with van der Waals surface area (Å²) in [7, 11) is 4.17. The Bertz CT molecular complexity index is 890. The number of nitrogens with zero attached hydrogens (tertiary/aromatic N) is 4. The molecule has 6 heteroatoms. The average molecular weight is 408 g/mol. The van der Waals surface area contributed by atoms with E-state index in [0.717, 1.165) is 32.1 Å². The number of likely N-dealkylation sites (N-methyl/N-ethyl adjacent to an activating group) is 1. The van der Waals surface area contributed by atoms with Crippen molar-refractivity contribution in [2.24, 2.45) is 17.3 Å². The third-order valence-corrected chi connectivity index (χ3v) is 7.96. The van der Waals surface area contributed by atoms with E-state index in [0.29, 0.717) is 18.4 Å². The molecule has 1 amide bonds. The molecule has 4 aliphatic carbocycles. The van der Waals surface area contributed by atoms with Gasteiger partial charge >= 0.3 is 0 Å². The first-order valence-electron chi connectivity index (χ1n) is 11.3. The first kappa shape index (κ1) is 19.7. The van der Waals surface area contributed by atoms with Crippen molar-refractivity contribution in [2.75, 3.05) is 20.6 Å². The number of carbonyl (C=O) groups is 1. The molecule has 0 aliphatic heterocycles. The van der Waals surface area contributed by atoms with Crippen LogP contribution in [0.5, 0.6) is 0 Å². The van der Waals surface area contributed by atoms with Gasteiger partial charge in [0.2, 0.25) is 5.91 Å². The van der Waals surface area contributed by atoms with Crippen LogP contribution in [0.3, 0.4) is 0 Å². The highest BCUT2D eigenvalue weighted by molar-refractivity contribution is 5.83. The number of amides is 1. The van der Waals surface area contributed by atoms with Crippen LogP contribution in [0.1, 0.15) is 55.7 Å². The van der Waals surface area contributed by atoms with Gasteiger partial charge in [0.15, 0.2) is 0 Å². The molecule has 6 nitrogen and oxygen atoms in total. The maximum absolute atomic E-state index is 13.6. The number of benzene rings is 1. The zero-order valence-corrected chi connectivity index (χ0v) is 18.3. The summed E-state index contributed by atoms with van der Waals surface area (Å²) >= 11 is 0. The minimum absolute atomic E-state index is 0.0180. The zero-order valence-electron chi connectivity index (χ0n) is 18.3. The quantitative estimate of drug-likeness (QED) is 0.798. The third-order valence-electron chi connectivity index (χ3n) is 7.96. The topological polar surface area (TPSA) is 63.1 Å². The van der Waals surface area contributed by atoms with Crippen LogP contribution in [0.4, 0.5) is 0 Å². The molecular formula is C24H33N5O. The van der Waals surface area contributed by atoms with Gasteiger partial charge in [0.25, 0.3) is 0 Å². The van der Waals surface area contributed by atoms with Crippen LogP contribution in [0.25, 0.3) is 0 Å². The number of carbonyl (C=O) groups excluding carboxylic acids is 1. The maximum atomic E-state index is 13.6. The van der Waals surface area contributed by atoms with Gasteiger partial charge in [0.05, 0.1) is 17.0 Å². The van der Waals surface area contributed by atoms with Crippen LogP contribution in [0.15, 0.2) is 36.9 Å². The largest absolute Gasteiger partial charge is 0.354 e. The normalized spacial score (nSPS) is 33.1. The fourth-order valence-electron chi connectivity index (χ4n) is 6.97. The molecule has 5 atom stereocenters. The van der Waals surface area contributed by atoms with E-state index in [1.807, 2.05) is 6.33 Å². The number of nitrogens with one attached hydrogen (secondary N) is 1. The monoisotopic (exact) mass is 407 g/mol. The Morgan fingerprint density at radius 3 is 2.50 bits per heavy atom. The van der Waals surface area contributed by atoms with Crippen LogP contribution in [-0.4, -0.2) is 46.2 Å². The van der Waals surface area contributed by atoms with Crippen molar-refractivity contribution in [1.82, 2.24) is 25.0 Å². The van der Waals surface area contributed by atoms with E-state index >= 15 is 0 Å². The van der Waals surface area contributed by atoms with Gasteiger partial charge in [-0.05, 0) is 76.9 Å². The fraction of sp³-hybridized carbons (Fsp3) is 0.625. The van der Waals surface area contributed by atoms with E-state index in [9.17, 15) is 4.79 Å². The summed E-state index contributed by atoms with van der Waals surface area (Å²) in [6.07, 6.45) is 10.0. The summed E-state index contributed by atoms with van der Waals surface area (Å²) in [5, 5.41) is 7.88. The first-order valence-corrected chi connectivity index (χ1v) is 11.3. The maximum Gasteiger partial charge on any atom is 0.226 e. The average Bonchev–Trinajstić information content (AvgIpc) is 3.24. The standard InChI is InChI=1S/C24H33N5O/c1-17-4-6-20(7-5-17)21(28(2)3)13-26-22(30)23-9-18-8-19(10-23)12-24(11-18,14-23)29-16-25-15-27-29/h4-7,15-16,18-19,21H,8-14H2,1-3H3,(H,26,30)/t18-,19+,21-,23?,24?/m0/s1. The molecule has 1 N–H and O–H groups in total. The third kappa shape index (κ3) is 3.25. The fourth-order valence-corrected chi connectivity index (χ4v) is 6.97. The molecule has 4 bridgehead atoms. The van der Waals surface area contributed by atoms with Gasteiger partial charge in [-0.3, -0.25) is 4.79 Å². The highest BCUT2D eigenvalue weighted by atomic mass is 16.2. The van der Waals surface area contributed by atoms with Crippen molar-refractivity contribution >= 4 is 5.91 Å². The van der Waals surface area contributed by atoms with Gasteiger partial charge in [0.1, 0.15) is 12.7 Å². The number of aryl methyl sites for hydroxylation is 1. The van der Waals surface area contributed by atoms with Gasteiger partial charge < -0.3 is 10.2 Å². The van der Waals surface area contributed by atoms with Gasteiger partial charge in [-0.2, -0.15) is 5.10 Å². The predicted molar refractivity (Wildman–Crippen MR) is 116 cm³/mol. The molecule has 1 heterocycles. The summed E-state index contributed by atoms with van der Waals surface area (Å²) in [5.74, 6) is 1.51. The van der Waals surface area contributed by atoms with Crippen molar-refractivity contribution in [3.8, 4) is 0 Å². The first-order chi connectivity index (χ1) is 14.4. The summed E-state index contributed by atoms with van der Waals surface area (Å²) < 4.78 is 2.07. The Kier molecular flexibility index (Phi) is 4.73. The van der Waals surface area contributed by atoms with Gasteiger partial charge in [0, 0.05) is 6.54 Å². The number of hydrogen-bond acceptors (Lipinski definition) is 4. The Hall–Kier alpha value is -2.21. The number of aromatic nitrogens is 3. The molecule has 4 fully saturated rings. The summed E-state index contributed by atoms with van der Waals surface area (Å²) in [5.41, 5.74) is 2.23. The molecule has 1 aromatic heterocycles. The molecule has 4 aliphatic rings. The molecule has 0 radical (unpaired) electrons. The summed E-state index contributed by atoms with van der Waals surface area (Å²) in [4.78, 5) is 20.1. The van der Waals surface area contributed by atoms with Crippen molar-refractivity contribution in [1.29, 1.82) is 0 Å². The second kappa shape index (κ2) is 7.19. The van der Waals surface area contributed by atoms with E-state index in [1.165, 1.54) is 17.5 Å². The highest BCUT2D eigenvalue weighted by Crippen LogP contribution is 2.64. The van der Waals surface area contributed by atoms with E-state index in [2.05, 4.69) is 70.3 Å². The number of hydrogen-bond donors (Lipinski definition) is 1. The second-order valence-electron chi connectivity index (χ2n) is 10.4. The molecule has 30 heavy (non-hydrogen) atoms. The molecular weight excluding hydrogens is 374 g/mol. The molecule has 6 rings (SSSR count). The number of rotatable bonds is 6. The van der Waals surface area contributed by atoms with E-state index in [-0.39, 0.29) is 22.9 Å². The van der Waals surface area contributed by atoms with E-state index < -0.39 is 0 Å². The lowest BCUT2D eigenvalue weighted by Crippen LogP contribution is -2.61. The minimum Gasteiger partial charge on any atom is -0.354 e. The van der Waals surface area contributed by atoms with Crippen molar-refractivity contribution in [3.05, 3.63) is 48.0 Å². The van der Waals surface area contributed by atoms with Gasteiger partial charge in [-0.1, -0.05) is 29.8 Å². The Morgan fingerprint density at radius 1 is 1.20 bits per heavy atom. The highest BCUT2D eigenvalue weighted by Gasteiger charge is 2.61. The van der Waals surface area contributed by atoms with E-state index in [1.54, 1.807) is 6.33 Å². The van der Waals surface area contributed by atoms with Crippen molar-refractivity contribution < 1.29 is 4.79 Å². The smallest absolute Gasteiger partial charge is 0.226 e. The van der Waals surface area contributed by atoms with Crippen LogP contribution in [0.2, 0.25) is 0 Å². The lowest BCUT2D eigenvalue weighted by Gasteiger charge is -2.60. The molecule has 0 saturated heterocycles. The molecule has 160 valence electrons. The van der Waals surface area contributed by atoms with Crippen LogP contribution in [0, 0.1) is 24.2 Å². The molecule has 4 saturated carbocycles. The molecule has 0 spiro atoms. The predicted octanol–water partition coefficient (Wildman–Crippen LogP) is 3.30. The Balaban J connectivity index is 1.35. The zero-order chi connectivity index (χ0) is 20.9. The second-order valence-corrected chi connectivity index (χ2v) is 10.4. The van der Waals surface area contributed by atoms with Gasteiger partial charge in [-0.25, -0.2) is 9.67 Å². The minimum atomic E-state index is -0.250. The summed E-state index contributed by atoms with van der Waals surface area (Å²) in [6, 6.07) is 8.82. The molecule has 1 aromatic carbocycles. The SMILES string of the molecule is Cc1ccc([C@H](CNC(=O)C23C[C@H]4C[C@@H](C2)CC(n2cncn2)(C4)C3)N(C)C)cc1. The van der Waals surface area contributed by atoms with Gasteiger partial charge in [-0.15, -0.1) is 0 Å². The van der Waals surface area contributed by atoms with Crippen molar-refractivity contribution in [3.63, 3.8) is 0 Å². The Labute approximate surface area is 179 Å². The van der Waals surface area contributed by atoms with Crippen LogP contribution in [-0.2, 0) is 10.3 Å². The summed E-state index contributed by atoms with van der Waals surface area (Å²) in [6.45, 7) is 2.75. The van der Waals surface area contributed by atoms with E-state index in [4.69, 9.17) is 0 Å². The molecule has 2 aromatic rings. The lowest BCUT2D eigenvalue weighted by atomic mass is 9.46. The lowest BCUT2D eigenvalue weighted by molar-refractivity contribution is -0.156.